The lowest BCUT2D eigenvalue weighted by Crippen LogP contribution is -3.13. The van der Waals surface area contributed by atoms with Crippen molar-refractivity contribution in [3.8, 4) is 11.5 Å². The van der Waals surface area contributed by atoms with Crippen LogP contribution in [-0.2, 0) is 11.3 Å². The highest BCUT2D eigenvalue weighted by atomic mass is 35.5. The van der Waals surface area contributed by atoms with Gasteiger partial charge in [-0.1, -0.05) is 23.7 Å². The number of carbonyl (C=O) groups is 1. The van der Waals surface area contributed by atoms with Crippen LogP contribution in [0.1, 0.15) is 5.56 Å². The van der Waals surface area contributed by atoms with Gasteiger partial charge < -0.3 is 19.3 Å². The first-order valence-corrected chi connectivity index (χ1v) is 10.4. The van der Waals surface area contributed by atoms with E-state index in [1.807, 2.05) is 35.2 Å². The summed E-state index contributed by atoms with van der Waals surface area (Å²) in [5.41, 5.74) is 1.24. The summed E-state index contributed by atoms with van der Waals surface area (Å²) >= 11 is 7.67. The molecule has 0 atom stereocenters. The molecule has 2 aromatic carbocycles. The molecule has 2 heterocycles. The minimum absolute atomic E-state index is 0.182. The summed E-state index contributed by atoms with van der Waals surface area (Å²) < 4.78 is 10.8. The van der Waals surface area contributed by atoms with Crippen LogP contribution in [0.5, 0.6) is 11.5 Å². The van der Waals surface area contributed by atoms with E-state index in [-0.39, 0.29) is 5.91 Å². The van der Waals surface area contributed by atoms with Gasteiger partial charge >= 0.3 is 0 Å². The molecule has 0 aromatic heterocycles. The molecule has 27 heavy (non-hydrogen) atoms. The summed E-state index contributed by atoms with van der Waals surface area (Å²) in [6.07, 6.45) is 0. The molecule has 0 bridgehead atoms. The lowest BCUT2D eigenvalue weighted by molar-refractivity contribution is -0.917. The van der Waals surface area contributed by atoms with Crippen molar-refractivity contribution in [1.82, 2.24) is 4.90 Å². The minimum atomic E-state index is 0.182. The van der Waals surface area contributed by atoms with Crippen molar-refractivity contribution in [3.05, 3.63) is 53.1 Å². The Balaban J connectivity index is 1.25. The Morgan fingerprint density at radius 3 is 2.70 bits per heavy atom. The summed E-state index contributed by atoms with van der Waals surface area (Å²) in [7, 11) is 0. The monoisotopic (exact) mass is 405 g/mol. The van der Waals surface area contributed by atoms with Crippen molar-refractivity contribution in [2.24, 2.45) is 0 Å². The van der Waals surface area contributed by atoms with Gasteiger partial charge in [0.05, 0.1) is 37.0 Å². The summed E-state index contributed by atoms with van der Waals surface area (Å²) in [5.74, 6) is 2.26. The number of amides is 1. The van der Waals surface area contributed by atoms with Crippen LogP contribution in [0.4, 0.5) is 0 Å². The molecule has 2 aliphatic rings. The van der Waals surface area contributed by atoms with Crippen molar-refractivity contribution in [2.75, 3.05) is 38.7 Å². The number of piperazine rings is 1. The van der Waals surface area contributed by atoms with Crippen LogP contribution < -0.4 is 14.4 Å². The second-order valence-corrected chi connectivity index (χ2v) is 8.14. The number of rotatable bonds is 5. The van der Waals surface area contributed by atoms with E-state index < -0.39 is 0 Å². The average molecular weight is 406 g/mol. The van der Waals surface area contributed by atoms with E-state index in [2.05, 4.69) is 12.1 Å². The van der Waals surface area contributed by atoms with E-state index >= 15 is 0 Å². The maximum Gasteiger partial charge on any atom is 0.233 e. The van der Waals surface area contributed by atoms with Crippen LogP contribution in [0.3, 0.4) is 0 Å². The number of hydrogen-bond acceptors (Lipinski definition) is 4. The molecule has 0 radical (unpaired) electrons. The number of quaternary nitrogens is 1. The van der Waals surface area contributed by atoms with Gasteiger partial charge in [-0.05, 0) is 30.3 Å². The molecule has 7 heteroatoms. The number of fused-ring (bicyclic) bond motifs is 1. The number of hydrogen-bond donors (Lipinski definition) is 1. The summed E-state index contributed by atoms with van der Waals surface area (Å²) in [5, 5.41) is 0.702. The summed E-state index contributed by atoms with van der Waals surface area (Å²) in [6, 6.07) is 13.8. The van der Waals surface area contributed by atoms with Crippen molar-refractivity contribution < 1.29 is 19.2 Å². The zero-order valence-electron chi connectivity index (χ0n) is 14.9. The van der Waals surface area contributed by atoms with Gasteiger partial charge in [-0.3, -0.25) is 4.79 Å². The standard InChI is InChI=1S/C20H21ClN2O3S/c21-16-3-1-2-4-19(16)27-13-20(24)23-9-7-22(8-10-23)12-15-5-6-17-18(11-15)26-14-25-17/h1-6,11H,7-10,12-14H2/p+1. The quantitative estimate of drug-likeness (QED) is 0.773. The first kappa shape index (κ1) is 18.5. The van der Waals surface area contributed by atoms with Crippen LogP contribution in [-0.4, -0.2) is 49.5 Å². The number of halogens is 1. The number of nitrogens with one attached hydrogen (secondary N) is 1. The van der Waals surface area contributed by atoms with Crippen LogP contribution in [0.25, 0.3) is 0 Å². The molecule has 0 unspecified atom stereocenters. The van der Waals surface area contributed by atoms with Gasteiger partial charge in [0.15, 0.2) is 11.5 Å². The van der Waals surface area contributed by atoms with Gasteiger partial charge in [-0.2, -0.15) is 0 Å². The number of benzene rings is 2. The number of nitrogens with zero attached hydrogens (tertiary/aromatic N) is 1. The van der Waals surface area contributed by atoms with Gasteiger partial charge in [-0.15, -0.1) is 11.8 Å². The molecule has 1 amide bonds. The fourth-order valence-corrected chi connectivity index (χ4v) is 4.52. The SMILES string of the molecule is O=C(CSc1ccccc1Cl)N1CC[NH+](Cc2ccc3c(c2)OCO3)CC1. The summed E-state index contributed by atoms with van der Waals surface area (Å²) in [6.45, 7) is 4.74. The second kappa shape index (κ2) is 8.42. The van der Waals surface area contributed by atoms with E-state index in [0.717, 1.165) is 49.1 Å². The third-order valence-corrected chi connectivity index (χ3v) is 6.40. The smallest absolute Gasteiger partial charge is 0.233 e. The van der Waals surface area contributed by atoms with Crippen molar-refractivity contribution in [1.29, 1.82) is 0 Å². The molecule has 1 fully saturated rings. The van der Waals surface area contributed by atoms with Crippen LogP contribution in [0.2, 0.25) is 5.02 Å². The lowest BCUT2D eigenvalue weighted by Gasteiger charge is -2.32. The van der Waals surface area contributed by atoms with E-state index in [1.165, 1.54) is 22.2 Å². The predicted octanol–water partition coefficient (Wildman–Crippen LogP) is 2.09. The van der Waals surface area contributed by atoms with Crippen molar-refractivity contribution in [2.45, 2.75) is 11.4 Å². The largest absolute Gasteiger partial charge is 0.454 e. The second-order valence-electron chi connectivity index (χ2n) is 6.71. The highest BCUT2D eigenvalue weighted by Gasteiger charge is 2.24. The van der Waals surface area contributed by atoms with E-state index in [0.29, 0.717) is 17.6 Å². The van der Waals surface area contributed by atoms with Crippen LogP contribution >= 0.6 is 23.4 Å². The Labute approximate surface area is 168 Å². The minimum Gasteiger partial charge on any atom is -0.454 e. The Bertz CT molecular complexity index is 825. The Hall–Kier alpha value is -1.89. The fourth-order valence-electron chi connectivity index (χ4n) is 3.38. The third kappa shape index (κ3) is 4.51. The van der Waals surface area contributed by atoms with Gasteiger partial charge in [-0.25, -0.2) is 0 Å². The lowest BCUT2D eigenvalue weighted by atomic mass is 10.1. The Morgan fingerprint density at radius 2 is 1.89 bits per heavy atom. The van der Waals surface area contributed by atoms with Crippen LogP contribution in [0, 0.1) is 0 Å². The van der Waals surface area contributed by atoms with Gasteiger partial charge in [0.25, 0.3) is 0 Å². The number of thioether (sulfide) groups is 1. The Morgan fingerprint density at radius 1 is 1.11 bits per heavy atom. The molecule has 0 spiro atoms. The zero-order valence-corrected chi connectivity index (χ0v) is 16.5. The van der Waals surface area contributed by atoms with Crippen LogP contribution in [0.15, 0.2) is 47.4 Å². The fraction of sp³-hybridized carbons (Fsp3) is 0.350. The third-order valence-electron chi connectivity index (χ3n) is 4.90. The molecular formula is C20H22ClN2O3S+. The molecule has 2 aliphatic heterocycles. The average Bonchev–Trinajstić information content (AvgIpc) is 3.15. The summed E-state index contributed by atoms with van der Waals surface area (Å²) in [4.78, 5) is 16.9. The topological polar surface area (TPSA) is 43.2 Å². The number of carbonyl (C=O) groups excluding carboxylic acids is 1. The molecular weight excluding hydrogens is 384 g/mol. The number of ether oxygens (including phenoxy) is 2. The van der Waals surface area contributed by atoms with Gasteiger partial charge in [0.1, 0.15) is 6.54 Å². The normalized spacial score (nSPS) is 16.6. The molecule has 5 nitrogen and oxygen atoms in total. The first-order valence-electron chi connectivity index (χ1n) is 9.06. The highest BCUT2D eigenvalue weighted by Crippen LogP contribution is 2.32. The van der Waals surface area contributed by atoms with E-state index in [4.69, 9.17) is 21.1 Å². The molecule has 0 saturated carbocycles. The molecule has 1 saturated heterocycles. The predicted molar refractivity (Wildman–Crippen MR) is 106 cm³/mol. The molecule has 4 rings (SSSR count). The van der Waals surface area contributed by atoms with E-state index in [9.17, 15) is 4.79 Å². The molecule has 142 valence electrons. The molecule has 2 aromatic rings. The molecule has 1 N–H and O–H groups in total. The Kier molecular flexibility index (Phi) is 5.76. The van der Waals surface area contributed by atoms with Gasteiger partial charge in [0, 0.05) is 10.5 Å². The first-order chi connectivity index (χ1) is 13.2. The van der Waals surface area contributed by atoms with E-state index in [1.54, 1.807) is 0 Å². The van der Waals surface area contributed by atoms with Crippen molar-refractivity contribution >= 4 is 29.3 Å². The maximum absolute atomic E-state index is 12.5. The van der Waals surface area contributed by atoms with Crippen molar-refractivity contribution in [3.63, 3.8) is 0 Å². The molecule has 0 aliphatic carbocycles. The maximum atomic E-state index is 12.5. The highest BCUT2D eigenvalue weighted by molar-refractivity contribution is 8.00. The van der Waals surface area contributed by atoms with Gasteiger partial charge in [0.2, 0.25) is 12.7 Å². The zero-order chi connectivity index (χ0) is 18.6.